The summed E-state index contributed by atoms with van der Waals surface area (Å²) in [5.74, 6) is -0.418. The Labute approximate surface area is 181 Å². The highest BCUT2D eigenvalue weighted by molar-refractivity contribution is 5.98. The molecule has 0 spiro atoms. The molecule has 1 aliphatic carbocycles. The summed E-state index contributed by atoms with van der Waals surface area (Å²) in [6.45, 7) is 3.90. The van der Waals surface area contributed by atoms with Crippen LogP contribution in [0.4, 0.5) is 10.1 Å². The van der Waals surface area contributed by atoms with Gasteiger partial charge in [0.25, 0.3) is 5.91 Å². The van der Waals surface area contributed by atoms with Gasteiger partial charge in [-0.2, -0.15) is 0 Å². The molecule has 5 rings (SSSR count). The summed E-state index contributed by atoms with van der Waals surface area (Å²) in [4.78, 5) is 22.1. The van der Waals surface area contributed by atoms with Crippen LogP contribution in [0.3, 0.4) is 0 Å². The average Bonchev–Trinajstić information content (AvgIpc) is 3.48. The Bertz CT molecular complexity index is 1170. The third-order valence-corrected chi connectivity index (χ3v) is 6.76. The first kappa shape index (κ1) is 19.9. The Hall–Kier alpha value is -2.99. The van der Waals surface area contributed by atoms with Gasteiger partial charge in [0.05, 0.1) is 5.54 Å². The van der Waals surface area contributed by atoms with Crippen LogP contribution in [-0.2, 0) is 5.54 Å². The number of pyridine rings is 1. The highest BCUT2D eigenvalue weighted by atomic mass is 19.1. The van der Waals surface area contributed by atoms with E-state index in [0.29, 0.717) is 17.1 Å². The van der Waals surface area contributed by atoms with Crippen LogP contribution < -0.4 is 10.2 Å². The molecule has 160 valence electrons. The van der Waals surface area contributed by atoms with Crippen LogP contribution in [0.5, 0.6) is 0 Å². The number of anilines is 1. The zero-order valence-electron chi connectivity index (χ0n) is 18.2. The molecule has 3 aromatic rings. The van der Waals surface area contributed by atoms with Crippen molar-refractivity contribution in [2.75, 3.05) is 32.1 Å². The SMILES string of the molecule is Cc1ccc(N2CC(N(C)C)C2)cc1C(=O)NC1(c2ccc(F)c3ncccc23)CC1. The number of likely N-dealkylation sites (N-methyl/N-ethyl adjacent to an activating group) is 1. The highest BCUT2D eigenvalue weighted by Gasteiger charge is 2.47. The Balaban J connectivity index is 1.41. The van der Waals surface area contributed by atoms with Crippen molar-refractivity contribution < 1.29 is 9.18 Å². The molecule has 1 N–H and O–H groups in total. The fraction of sp³-hybridized carbons (Fsp3) is 0.360. The molecule has 1 amide bonds. The fourth-order valence-corrected chi connectivity index (χ4v) is 4.47. The van der Waals surface area contributed by atoms with E-state index in [4.69, 9.17) is 0 Å². The second-order valence-electron chi connectivity index (χ2n) is 9.05. The van der Waals surface area contributed by atoms with Crippen molar-refractivity contribution >= 4 is 22.5 Å². The third kappa shape index (κ3) is 3.45. The molecule has 0 unspecified atom stereocenters. The van der Waals surface area contributed by atoms with E-state index in [2.05, 4.69) is 40.3 Å². The number of nitrogens with zero attached hydrogens (tertiary/aromatic N) is 3. The molecule has 5 nitrogen and oxygen atoms in total. The van der Waals surface area contributed by atoms with E-state index in [0.717, 1.165) is 48.1 Å². The molecule has 2 heterocycles. The van der Waals surface area contributed by atoms with Crippen molar-refractivity contribution in [1.82, 2.24) is 15.2 Å². The number of aromatic nitrogens is 1. The molecule has 2 aliphatic rings. The van der Waals surface area contributed by atoms with E-state index in [-0.39, 0.29) is 11.7 Å². The van der Waals surface area contributed by atoms with Crippen LogP contribution in [-0.4, -0.2) is 49.0 Å². The third-order valence-electron chi connectivity index (χ3n) is 6.76. The first-order valence-corrected chi connectivity index (χ1v) is 10.8. The molecule has 0 atom stereocenters. The van der Waals surface area contributed by atoms with Gasteiger partial charge in [0, 0.05) is 42.0 Å². The molecule has 2 fully saturated rings. The number of fused-ring (bicyclic) bond motifs is 1. The van der Waals surface area contributed by atoms with E-state index >= 15 is 0 Å². The highest BCUT2D eigenvalue weighted by Crippen LogP contribution is 2.48. The van der Waals surface area contributed by atoms with Gasteiger partial charge >= 0.3 is 0 Å². The predicted molar refractivity (Wildman–Crippen MR) is 121 cm³/mol. The van der Waals surface area contributed by atoms with Crippen LogP contribution >= 0.6 is 0 Å². The normalized spacial score (nSPS) is 17.6. The van der Waals surface area contributed by atoms with Crippen LogP contribution in [0.2, 0.25) is 0 Å². The molecule has 2 aromatic carbocycles. The number of hydrogen-bond acceptors (Lipinski definition) is 4. The number of aryl methyl sites for hydroxylation is 1. The number of halogens is 1. The summed E-state index contributed by atoms with van der Waals surface area (Å²) in [6, 6.07) is 13.6. The van der Waals surface area contributed by atoms with Crippen molar-refractivity contribution in [3.63, 3.8) is 0 Å². The van der Waals surface area contributed by atoms with Crippen LogP contribution in [0.15, 0.2) is 48.7 Å². The number of benzene rings is 2. The van der Waals surface area contributed by atoms with E-state index in [1.807, 2.05) is 31.2 Å². The summed E-state index contributed by atoms with van der Waals surface area (Å²) in [5.41, 5.74) is 3.56. The van der Waals surface area contributed by atoms with Gasteiger partial charge in [0.1, 0.15) is 11.3 Å². The molecular weight excluding hydrogens is 391 g/mol. The fourth-order valence-electron chi connectivity index (χ4n) is 4.47. The minimum absolute atomic E-state index is 0.0806. The number of hydrogen-bond donors (Lipinski definition) is 1. The number of carbonyl (C=O) groups is 1. The Morgan fingerprint density at radius 2 is 1.97 bits per heavy atom. The smallest absolute Gasteiger partial charge is 0.252 e. The van der Waals surface area contributed by atoms with Crippen LogP contribution in [0, 0.1) is 12.7 Å². The van der Waals surface area contributed by atoms with Crippen molar-refractivity contribution in [3.8, 4) is 0 Å². The minimum Gasteiger partial charge on any atom is -0.368 e. The quantitative estimate of drug-likeness (QED) is 0.684. The van der Waals surface area contributed by atoms with Gasteiger partial charge in [-0.1, -0.05) is 18.2 Å². The Morgan fingerprint density at radius 1 is 1.19 bits per heavy atom. The Kier molecular flexibility index (Phi) is 4.70. The number of nitrogens with one attached hydrogen (secondary N) is 1. The number of rotatable bonds is 5. The minimum atomic E-state index is -0.457. The molecule has 1 aromatic heterocycles. The topological polar surface area (TPSA) is 48.5 Å². The second kappa shape index (κ2) is 7.31. The van der Waals surface area contributed by atoms with Crippen LogP contribution in [0.1, 0.15) is 34.3 Å². The lowest BCUT2D eigenvalue weighted by molar-refractivity contribution is 0.0930. The van der Waals surface area contributed by atoms with Gasteiger partial charge in [-0.25, -0.2) is 4.39 Å². The molecule has 0 radical (unpaired) electrons. The summed E-state index contributed by atoms with van der Waals surface area (Å²) in [6.07, 6.45) is 3.27. The van der Waals surface area contributed by atoms with Crippen LogP contribution in [0.25, 0.3) is 10.9 Å². The van der Waals surface area contributed by atoms with E-state index in [9.17, 15) is 9.18 Å². The number of carbonyl (C=O) groups excluding carboxylic acids is 1. The monoisotopic (exact) mass is 418 g/mol. The van der Waals surface area contributed by atoms with Crippen molar-refractivity contribution in [2.24, 2.45) is 0 Å². The first-order valence-electron chi connectivity index (χ1n) is 10.8. The molecule has 1 saturated heterocycles. The average molecular weight is 419 g/mol. The van der Waals surface area contributed by atoms with Crippen molar-refractivity contribution in [3.05, 3.63) is 71.2 Å². The van der Waals surface area contributed by atoms with Gasteiger partial charge in [0.2, 0.25) is 0 Å². The molecule has 6 heteroatoms. The van der Waals surface area contributed by atoms with Gasteiger partial charge in [-0.3, -0.25) is 9.78 Å². The van der Waals surface area contributed by atoms with Gasteiger partial charge < -0.3 is 15.1 Å². The zero-order valence-corrected chi connectivity index (χ0v) is 18.2. The van der Waals surface area contributed by atoms with E-state index in [1.54, 1.807) is 12.3 Å². The van der Waals surface area contributed by atoms with E-state index in [1.165, 1.54) is 6.07 Å². The largest absolute Gasteiger partial charge is 0.368 e. The number of amides is 1. The molecule has 1 saturated carbocycles. The molecule has 0 bridgehead atoms. The molecular formula is C25H27FN4O. The van der Waals surface area contributed by atoms with Gasteiger partial charge in [-0.05, 0) is 69.3 Å². The maximum atomic E-state index is 14.2. The lowest BCUT2D eigenvalue weighted by Crippen LogP contribution is -2.57. The van der Waals surface area contributed by atoms with Gasteiger partial charge in [-0.15, -0.1) is 0 Å². The van der Waals surface area contributed by atoms with Gasteiger partial charge in [0.15, 0.2) is 0 Å². The van der Waals surface area contributed by atoms with E-state index < -0.39 is 5.54 Å². The lowest BCUT2D eigenvalue weighted by Gasteiger charge is -2.44. The van der Waals surface area contributed by atoms with Crippen molar-refractivity contribution in [1.29, 1.82) is 0 Å². The summed E-state index contributed by atoms with van der Waals surface area (Å²) < 4.78 is 14.2. The maximum Gasteiger partial charge on any atom is 0.252 e. The Morgan fingerprint density at radius 3 is 2.68 bits per heavy atom. The second-order valence-corrected chi connectivity index (χ2v) is 9.05. The molecule has 1 aliphatic heterocycles. The molecule has 31 heavy (non-hydrogen) atoms. The first-order chi connectivity index (χ1) is 14.9. The summed E-state index contributed by atoms with van der Waals surface area (Å²) >= 11 is 0. The zero-order chi connectivity index (χ0) is 21.8. The summed E-state index contributed by atoms with van der Waals surface area (Å²) in [5, 5.41) is 4.03. The predicted octanol–water partition coefficient (Wildman–Crippen LogP) is 3.85. The van der Waals surface area contributed by atoms with Crippen molar-refractivity contribution in [2.45, 2.75) is 31.3 Å². The lowest BCUT2D eigenvalue weighted by atomic mass is 9.97. The standard InChI is InChI=1S/C25H27FN4O/c1-16-6-7-17(30-14-18(15-30)29(2)3)13-20(16)24(31)28-25(10-11-25)21-8-9-22(26)23-19(21)5-4-12-27-23/h4-9,12-13,18H,10-11,14-15H2,1-3H3,(H,28,31). The maximum absolute atomic E-state index is 14.2. The summed E-state index contributed by atoms with van der Waals surface area (Å²) in [7, 11) is 4.19.